The third kappa shape index (κ3) is 5.32. The van der Waals surface area contributed by atoms with Crippen molar-refractivity contribution >= 4 is 29.4 Å². The van der Waals surface area contributed by atoms with E-state index in [2.05, 4.69) is 113 Å². The van der Waals surface area contributed by atoms with E-state index in [0.29, 0.717) is 5.75 Å². The number of hydrogen-bond acceptors (Lipinski definition) is 2. The molecule has 0 aromatic heterocycles. The lowest BCUT2D eigenvalue weighted by Crippen LogP contribution is -2.28. The Morgan fingerprint density at radius 2 is 1.73 bits per heavy atom. The quantitative estimate of drug-likeness (QED) is 0.0712. The van der Waals surface area contributed by atoms with E-state index in [0.717, 1.165) is 12.0 Å². The smallest absolute Gasteiger partial charge is 0.335 e. The average molecular weight is 541 g/mol. The first-order chi connectivity index (χ1) is 19.7. The van der Waals surface area contributed by atoms with Gasteiger partial charge in [0.2, 0.25) is 5.70 Å². The minimum Gasteiger partial charge on any atom is -0.423 e. The molecule has 0 radical (unpaired) electrons. The number of benzene rings is 3. The van der Waals surface area contributed by atoms with Gasteiger partial charge in [-0.1, -0.05) is 86.3 Å². The summed E-state index contributed by atoms with van der Waals surface area (Å²) in [5, 5.41) is 0. The summed E-state index contributed by atoms with van der Waals surface area (Å²) in [6, 6.07) is 23.2. The lowest BCUT2D eigenvalue weighted by molar-refractivity contribution is -0.526. The van der Waals surface area contributed by atoms with E-state index in [9.17, 15) is 4.79 Å². The van der Waals surface area contributed by atoms with E-state index in [1.54, 1.807) is 12.1 Å². The molecule has 0 spiro atoms. The second-order valence-electron chi connectivity index (χ2n) is 11.1. The van der Waals surface area contributed by atoms with Gasteiger partial charge in [0.05, 0.1) is 5.57 Å². The van der Waals surface area contributed by atoms with Crippen LogP contribution in [0, 0.1) is 12.8 Å². The van der Waals surface area contributed by atoms with E-state index in [1.165, 1.54) is 62.0 Å². The van der Waals surface area contributed by atoms with Crippen LogP contribution in [0.1, 0.15) is 73.5 Å². The number of nitrogens with zero attached hydrogens (tertiary/aromatic N) is 1. The van der Waals surface area contributed by atoms with Crippen molar-refractivity contribution in [1.82, 2.24) is 0 Å². The first kappa shape index (κ1) is 28.0. The second-order valence-corrected chi connectivity index (χ2v) is 11.1. The van der Waals surface area contributed by atoms with Crippen LogP contribution in [-0.4, -0.2) is 16.3 Å². The topological polar surface area (TPSA) is 29.3 Å². The molecule has 0 aliphatic carbocycles. The fraction of sp³-hybridized carbons (Fsp3) is 0.211. The highest BCUT2D eigenvalue weighted by molar-refractivity contribution is 5.96. The Morgan fingerprint density at radius 1 is 1.02 bits per heavy atom. The van der Waals surface area contributed by atoms with Crippen LogP contribution in [-0.2, 0) is 4.79 Å². The third-order valence-electron chi connectivity index (χ3n) is 8.19. The summed E-state index contributed by atoms with van der Waals surface area (Å²) in [6.07, 6.45) is 8.83. The molecule has 0 fully saturated rings. The summed E-state index contributed by atoms with van der Waals surface area (Å²) in [7, 11) is 0. The highest BCUT2D eigenvalue weighted by Crippen LogP contribution is 2.47. The van der Waals surface area contributed by atoms with Gasteiger partial charge in [-0.05, 0) is 73.2 Å². The molecule has 2 aliphatic rings. The van der Waals surface area contributed by atoms with E-state index in [1.807, 2.05) is 12.1 Å². The summed E-state index contributed by atoms with van der Waals surface area (Å²) in [4.78, 5) is 11.6. The van der Waals surface area contributed by atoms with Gasteiger partial charge in [0.15, 0.2) is 11.8 Å². The van der Waals surface area contributed by atoms with Gasteiger partial charge < -0.3 is 4.74 Å². The molecular formula is C38H38NO2+. The predicted octanol–water partition coefficient (Wildman–Crippen LogP) is 9.11. The van der Waals surface area contributed by atoms with Crippen molar-refractivity contribution in [3.8, 4) is 5.75 Å². The number of carbonyl (C=O) groups is 1. The number of ether oxygens (including phenoxy) is 1. The van der Waals surface area contributed by atoms with Crippen molar-refractivity contribution in [1.29, 1.82) is 0 Å². The summed E-state index contributed by atoms with van der Waals surface area (Å²) in [6.45, 7) is 19.0. The van der Waals surface area contributed by atoms with Gasteiger partial charge in [0, 0.05) is 36.1 Å². The molecule has 3 nitrogen and oxygen atoms in total. The molecule has 2 heterocycles. The molecule has 3 aromatic carbocycles. The molecular weight excluding hydrogens is 502 g/mol. The van der Waals surface area contributed by atoms with Crippen LogP contribution in [0.15, 0.2) is 109 Å². The second kappa shape index (κ2) is 11.5. The Morgan fingerprint density at radius 3 is 2.37 bits per heavy atom. The Bertz CT molecular complexity index is 1660. The number of aryl methyl sites for hydroxylation is 1. The van der Waals surface area contributed by atoms with Gasteiger partial charge in [0.1, 0.15) is 5.75 Å². The van der Waals surface area contributed by atoms with Crippen molar-refractivity contribution in [2.75, 3.05) is 0 Å². The average Bonchev–Trinajstić information content (AvgIpc) is 3.16. The maximum atomic E-state index is 11.6. The molecule has 206 valence electrons. The SMILES string of the molecule is C=CC(=O)Oc1ccc(/C=C/c2cc(C)c3cc2C(C(CC)C(=C)C)[N+]2=C(C)C=C(C)C2=C3c2ccccc2)cc1. The zero-order chi connectivity index (χ0) is 29.3. The van der Waals surface area contributed by atoms with E-state index in [4.69, 9.17) is 4.74 Å². The molecule has 0 saturated carbocycles. The molecule has 5 rings (SSSR count). The normalized spacial score (nSPS) is 16.8. The number of rotatable bonds is 8. The number of hydrogen-bond donors (Lipinski definition) is 0. The zero-order valence-corrected chi connectivity index (χ0v) is 24.7. The third-order valence-corrected chi connectivity index (χ3v) is 8.19. The molecule has 3 aromatic rings. The number of esters is 1. The van der Waals surface area contributed by atoms with Gasteiger partial charge in [-0.25, -0.2) is 4.79 Å². The number of carbonyl (C=O) groups excluding carboxylic acids is 1. The first-order valence-corrected chi connectivity index (χ1v) is 14.3. The van der Waals surface area contributed by atoms with Crippen LogP contribution in [0.5, 0.6) is 5.75 Å². The number of fused-ring (bicyclic) bond motifs is 3. The maximum Gasteiger partial charge on any atom is 0.335 e. The molecule has 3 heteroatoms. The molecule has 0 N–H and O–H groups in total. The minimum absolute atomic E-state index is 0.113. The Balaban J connectivity index is 1.70. The summed E-state index contributed by atoms with van der Waals surface area (Å²) >= 11 is 0. The van der Waals surface area contributed by atoms with Crippen molar-refractivity contribution in [3.63, 3.8) is 0 Å². The Labute approximate surface area is 244 Å². The van der Waals surface area contributed by atoms with Crippen molar-refractivity contribution in [2.45, 2.75) is 47.1 Å². The van der Waals surface area contributed by atoms with Crippen LogP contribution in [0.2, 0.25) is 0 Å². The molecule has 2 atom stereocenters. The van der Waals surface area contributed by atoms with Crippen LogP contribution in [0.25, 0.3) is 17.7 Å². The maximum absolute atomic E-state index is 11.6. The van der Waals surface area contributed by atoms with Crippen LogP contribution in [0.3, 0.4) is 0 Å². The monoisotopic (exact) mass is 540 g/mol. The zero-order valence-electron chi connectivity index (χ0n) is 24.7. The van der Waals surface area contributed by atoms with Gasteiger partial charge in [-0.2, -0.15) is 4.58 Å². The van der Waals surface area contributed by atoms with Crippen LogP contribution >= 0.6 is 0 Å². The van der Waals surface area contributed by atoms with Gasteiger partial charge in [-0.3, -0.25) is 0 Å². The minimum atomic E-state index is -0.463. The standard InChI is InChI=1S/C38H38NO2/c1-8-32(24(3)4)38-34-23-33(36(29-13-11-10-12-14-29)37-26(6)21-27(7)39(37)38)25(5)22-30(34)18-15-28-16-19-31(20-17-28)41-35(40)9-2/h9-23,32,38H,2-3,8H2,1,4-7H3/q+1/b18-15+. The van der Waals surface area contributed by atoms with Crippen molar-refractivity contribution in [2.24, 2.45) is 5.92 Å². The van der Waals surface area contributed by atoms with Crippen LogP contribution < -0.4 is 4.74 Å². The molecule has 2 bridgehead atoms. The molecule has 0 amide bonds. The predicted molar refractivity (Wildman–Crippen MR) is 171 cm³/mol. The summed E-state index contributed by atoms with van der Waals surface area (Å²) in [5.74, 6) is 0.312. The summed E-state index contributed by atoms with van der Waals surface area (Å²) < 4.78 is 7.81. The van der Waals surface area contributed by atoms with Gasteiger partial charge in [-0.15, -0.1) is 0 Å². The van der Waals surface area contributed by atoms with Gasteiger partial charge in [0.25, 0.3) is 0 Å². The summed E-state index contributed by atoms with van der Waals surface area (Å²) in [5.41, 5.74) is 13.6. The first-order valence-electron chi connectivity index (χ1n) is 14.3. The highest BCUT2D eigenvalue weighted by Gasteiger charge is 2.44. The van der Waals surface area contributed by atoms with E-state index >= 15 is 0 Å². The number of allylic oxidation sites excluding steroid dienone is 2. The lowest BCUT2D eigenvalue weighted by Gasteiger charge is -2.26. The molecule has 41 heavy (non-hydrogen) atoms. The van der Waals surface area contributed by atoms with E-state index in [-0.39, 0.29) is 12.0 Å². The highest BCUT2D eigenvalue weighted by atomic mass is 16.5. The van der Waals surface area contributed by atoms with Crippen molar-refractivity contribution < 1.29 is 14.1 Å². The molecule has 2 aliphatic heterocycles. The van der Waals surface area contributed by atoms with E-state index < -0.39 is 5.97 Å². The fourth-order valence-electron chi connectivity index (χ4n) is 6.30. The largest absolute Gasteiger partial charge is 0.423 e. The lowest BCUT2D eigenvalue weighted by atomic mass is 9.82. The van der Waals surface area contributed by atoms with Crippen LogP contribution in [0.4, 0.5) is 0 Å². The molecule has 2 unspecified atom stereocenters. The Hall–Kier alpha value is -4.50. The molecule has 0 saturated heterocycles. The van der Waals surface area contributed by atoms with Gasteiger partial charge >= 0.3 is 5.97 Å². The Kier molecular flexibility index (Phi) is 7.90. The van der Waals surface area contributed by atoms with Crippen molar-refractivity contribution in [3.05, 3.63) is 142 Å². The fourth-order valence-corrected chi connectivity index (χ4v) is 6.30.